The zero-order chi connectivity index (χ0) is 17.6. The first kappa shape index (κ1) is 20.4. The van der Waals surface area contributed by atoms with Gasteiger partial charge in [-0.1, -0.05) is 35.9 Å². The van der Waals surface area contributed by atoms with Gasteiger partial charge in [0.2, 0.25) is 0 Å². The number of pyridine rings is 1. The molecule has 0 aliphatic heterocycles. The first-order valence-electron chi connectivity index (χ1n) is 8.30. The van der Waals surface area contributed by atoms with E-state index in [0.717, 1.165) is 34.7 Å². The SMILES string of the molecule is OC(CCC[n+]1ccc(-c2ccc(Cl)cc2)cc1)c1ccc(F)cc1.[Cl-]. The fraction of sp³-hybridized carbons (Fsp3) is 0.190. The summed E-state index contributed by atoms with van der Waals surface area (Å²) in [6, 6.07) is 17.9. The number of aromatic nitrogens is 1. The number of hydrogen-bond donors (Lipinski definition) is 1. The molecule has 0 amide bonds. The molecule has 0 fully saturated rings. The predicted molar refractivity (Wildman–Crippen MR) is 97.7 cm³/mol. The molecule has 1 aromatic heterocycles. The van der Waals surface area contributed by atoms with Crippen molar-refractivity contribution < 1.29 is 26.5 Å². The molecule has 136 valence electrons. The molecule has 0 saturated heterocycles. The van der Waals surface area contributed by atoms with Crippen LogP contribution >= 0.6 is 11.6 Å². The van der Waals surface area contributed by atoms with Crippen LogP contribution in [0.4, 0.5) is 4.39 Å². The Labute approximate surface area is 164 Å². The number of halogens is 3. The van der Waals surface area contributed by atoms with Crippen LogP contribution in [0.5, 0.6) is 0 Å². The Morgan fingerprint density at radius 1 is 0.885 bits per heavy atom. The van der Waals surface area contributed by atoms with Crippen molar-refractivity contribution in [1.29, 1.82) is 0 Å². The number of rotatable bonds is 6. The molecule has 5 heteroatoms. The van der Waals surface area contributed by atoms with Gasteiger partial charge in [-0.05, 0) is 47.4 Å². The van der Waals surface area contributed by atoms with Gasteiger partial charge in [-0.2, -0.15) is 0 Å². The fourth-order valence-corrected chi connectivity index (χ4v) is 2.89. The molecule has 0 aliphatic carbocycles. The average Bonchev–Trinajstić information content (AvgIpc) is 2.63. The lowest BCUT2D eigenvalue weighted by atomic mass is 10.0. The second kappa shape index (κ2) is 9.67. The minimum atomic E-state index is -0.561. The van der Waals surface area contributed by atoms with Crippen molar-refractivity contribution in [3.05, 3.63) is 89.5 Å². The number of aliphatic hydroxyl groups excluding tert-OH is 1. The Kier molecular flexibility index (Phi) is 7.58. The topological polar surface area (TPSA) is 24.1 Å². The van der Waals surface area contributed by atoms with E-state index in [1.807, 2.05) is 36.7 Å². The van der Waals surface area contributed by atoms with Gasteiger partial charge in [0.1, 0.15) is 12.4 Å². The maximum Gasteiger partial charge on any atom is 0.169 e. The third kappa shape index (κ3) is 5.53. The maximum atomic E-state index is 12.9. The minimum absolute atomic E-state index is 0. The van der Waals surface area contributed by atoms with Crippen LogP contribution in [0, 0.1) is 5.82 Å². The minimum Gasteiger partial charge on any atom is -1.00 e. The van der Waals surface area contributed by atoms with Crippen molar-refractivity contribution in [3.63, 3.8) is 0 Å². The first-order valence-corrected chi connectivity index (χ1v) is 8.68. The highest BCUT2D eigenvalue weighted by molar-refractivity contribution is 6.30. The Balaban J connectivity index is 0.00000243. The number of aliphatic hydroxyl groups is 1. The molecule has 2 aromatic carbocycles. The lowest BCUT2D eigenvalue weighted by molar-refractivity contribution is -0.697. The van der Waals surface area contributed by atoms with Crippen molar-refractivity contribution in [2.45, 2.75) is 25.5 Å². The molecule has 0 radical (unpaired) electrons. The van der Waals surface area contributed by atoms with Crippen molar-refractivity contribution in [3.8, 4) is 11.1 Å². The third-order valence-electron chi connectivity index (χ3n) is 4.22. The van der Waals surface area contributed by atoms with Gasteiger partial charge >= 0.3 is 0 Å². The van der Waals surface area contributed by atoms with Crippen LogP contribution in [0.15, 0.2) is 73.1 Å². The van der Waals surface area contributed by atoms with E-state index in [4.69, 9.17) is 11.6 Å². The van der Waals surface area contributed by atoms with E-state index < -0.39 is 6.10 Å². The van der Waals surface area contributed by atoms with Gasteiger partial charge in [0, 0.05) is 23.6 Å². The average molecular weight is 392 g/mol. The molecule has 1 N–H and O–H groups in total. The van der Waals surface area contributed by atoms with Crippen LogP contribution in [0.1, 0.15) is 24.5 Å². The highest BCUT2D eigenvalue weighted by Gasteiger charge is 2.09. The molecule has 0 spiro atoms. The van der Waals surface area contributed by atoms with Gasteiger partial charge in [0.05, 0.1) is 6.10 Å². The largest absolute Gasteiger partial charge is 1.00 e. The summed E-state index contributed by atoms with van der Waals surface area (Å²) in [4.78, 5) is 0. The Hall–Kier alpha value is -1.94. The smallest absolute Gasteiger partial charge is 0.169 e. The molecule has 2 nitrogen and oxygen atoms in total. The number of hydrogen-bond acceptors (Lipinski definition) is 1. The maximum absolute atomic E-state index is 12.9. The molecule has 1 unspecified atom stereocenters. The van der Waals surface area contributed by atoms with Gasteiger partial charge in [-0.15, -0.1) is 0 Å². The van der Waals surface area contributed by atoms with E-state index >= 15 is 0 Å². The number of aryl methyl sites for hydroxylation is 1. The first-order chi connectivity index (χ1) is 12.1. The monoisotopic (exact) mass is 391 g/mol. The van der Waals surface area contributed by atoms with Gasteiger partial charge in [0.25, 0.3) is 0 Å². The van der Waals surface area contributed by atoms with E-state index in [2.05, 4.69) is 16.7 Å². The Morgan fingerprint density at radius 3 is 2.08 bits per heavy atom. The van der Waals surface area contributed by atoms with Crippen molar-refractivity contribution in [1.82, 2.24) is 0 Å². The van der Waals surface area contributed by atoms with Crippen LogP contribution < -0.4 is 17.0 Å². The molecule has 3 aromatic rings. The fourth-order valence-electron chi connectivity index (χ4n) is 2.76. The summed E-state index contributed by atoms with van der Waals surface area (Å²) in [6.45, 7) is 0.819. The highest BCUT2D eigenvalue weighted by Crippen LogP contribution is 2.21. The summed E-state index contributed by atoms with van der Waals surface area (Å²) in [7, 11) is 0. The zero-order valence-electron chi connectivity index (χ0n) is 14.2. The van der Waals surface area contributed by atoms with Gasteiger partial charge in [-0.3, -0.25) is 0 Å². The van der Waals surface area contributed by atoms with E-state index in [0.29, 0.717) is 6.42 Å². The van der Waals surface area contributed by atoms with E-state index in [-0.39, 0.29) is 18.2 Å². The normalized spacial score (nSPS) is 11.7. The molecular weight excluding hydrogens is 372 g/mol. The summed E-state index contributed by atoms with van der Waals surface area (Å²) < 4.78 is 15.0. The van der Waals surface area contributed by atoms with Crippen LogP contribution in [-0.2, 0) is 6.54 Å². The second-order valence-corrected chi connectivity index (χ2v) is 6.48. The molecule has 1 heterocycles. The Morgan fingerprint density at radius 2 is 1.46 bits per heavy atom. The molecule has 3 rings (SSSR count). The Bertz CT molecular complexity index is 805. The lowest BCUT2D eigenvalue weighted by Gasteiger charge is -2.09. The summed E-state index contributed by atoms with van der Waals surface area (Å²) in [5, 5.41) is 10.9. The van der Waals surface area contributed by atoms with E-state index in [9.17, 15) is 9.50 Å². The van der Waals surface area contributed by atoms with Crippen molar-refractivity contribution in [2.24, 2.45) is 0 Å². The quantitative estimate of drug-likeness (QED) is 0.638. The molecule has 0 bridgehead atoms. The lowest BCUT2D eigenvalue weighted by Crippen LogP contribution is -3.00. The summed E-state index contributed by atoms with van der Waals surface area (Å²) in [5.41, 5.74) is 3.02. The van der Waals surface area contributed by atoms with Crippen molar-refractivity contribution in [2.75, 3.05) is 0 Å². The summed E-state index contributed by atoms with van der Waals surface area (Å²) in [6.07, 6.45) is 4.98. The van der Waals surface area contributed by atoms with Crippen LogP contribution in [0.25, 0.3) is 11.1 Å². The molecule has 0 aliphatic rings. The summed E-state index contributed by atoms with van der Waals surface area (Å²) in [5.74, 6) is -0.285. The second-order valence-electron chi connectivity index (χ2n) is 6.04. The molecular formula is C21H20Cl2FNO. The van der Waals surface area contributed by atoms with Gasteiger partial charge in [-0.25, -0.2) is 8.96 Å². The van der Waals surface area contributed by atoms with E-state index in [1.54, 1.807) is 12.1 Å². The molecule has 1 atom stereocenters. The standard InChI is InChI=1S/C21H20ClFNO.ClH/c22-19-7-3-16(4-8-19)17-11-14-24(15-12-17)13-1-2-21(25)18-5-9-20(23)10-6-18;/h3-12,14-15,21,25H,1-2,13H2;1H/q+1;/p-1. The van der Waals surface area contributed by atoms with Crippen LogP contribution in [0.2, 0.25) is 5.02 Å². The van der Waals surface area contributed by atoms with Gasteiger partial charge in [0.15, 0.2) is 12.4 Å². The van der Waals surface area contributed by atoms with Crippen LogP contribution in [0.3, 0.4) is 0 Å². The third-order valence-corrected chi connectivity index (χ3v) is 4.47. The molecule has 26 heavy (non-hydrogen) atoms. The van der Waals surface area contributed by atoms with Gasteiger partial charge < -0.3 is 17.5 Å². The predicted octanol–water partition coefficient (Wildman–Crippen LogP) is 1.95. The highest BCUT2D eigenvalue weighted by atomic mass is 35.5. The van der Waals surface area contributed by atoms with Crippen molar-refractivity contribution >= 4 is 11.6 Å². The van der Waals surface area contributed by atoms with E-state index in [1.165, 1.54) is 12.1 Å². The van der Waals surface area contributed by atoms with Crippen LogP contribution in [-0.4, -0.2) is 5.11 Å². The molecule has 0 saturated carbocycles. The number of nitrogens with zero attached hydrogens (tertiary/aromatic N) is 1. The summed E-state index contributed by atoms with van der Waals surface area (Å²) >= 11 is 5.92. The number of benzene rings is 2. The zero-order valence-corrected chi connectivity index (χ0v) is 15.7.